The zero-order valence-corrected chi connectivity index (χ0v) is 10.7. The Balaban J connectivity index is 1.85. The molecular weight excluding hydrogens is 242 g/mol. The molecule has 1 aliphatic rings. The number of hydrogen-bond donors (Lipinski definition) is 1. The highest BCUT2D eigenvalue weighted by molar-refractivity contribution is 5.62. The summed E-state index contributed by atoms with van der Waals surface area (Å²) in [6.07, 6.45) is 4.86. The van der Waals surface area contributed by atoms with Gasteiger partial charge in [-0.15, -0.1) is 0 Å². The molecule has 0 atom stereocenters. The van der Waals surface area contributed by atoms with Crippen molar-refractivity contribution in [3.05, 3.63) is 24.3 Å². The van der Waals surface area contributed by atoms with Crippen LogP contribution in [0.25, 0.3) is 11.5 Å². The van der Waals surface area contributed by atoms with Crippen molar-refractivity contribution in [3.8, 4) is 17.2 Å². The van der Waals surface area contributed by atoms with Crippen LogP contribution in [0.5, 0.6) is 5.75 Å². The Morgan fingerprint density at radius 1 is 1.05 bits per heavy atom. The van der Waals surface area contributed by atoms with Crippen LogP contribution in [-0.4, -0.2) is 28.3 Å². The lowest BCUT2D eigenvalue weighted by Crippen LogP contribution is -2.24. The molecule has 0 saturated carbocycles. The highest BCUT2D eigenvalue weighted by Crippen LogP contribution is 2.28. The van der Waals surface area contributed by atoms with Gasteiger partial charge in [-0.2, -0.15) is 4.98 Å². The van der Waals surface area contributed by atoms with Crippen LogP contribution in [0.2, 0.25) is 0 Å². The summed E-state index contributed by atoms with van der Waals surface area (Å²) >= 11 is 0. The van der Waals surface area contributed by atoms with Crippen molar-refractivity contribution in [3.63, 3.8) is 0 Å². The summed E-state index contributed by atoms with van der Waals surface area (Å²) in [5.74, 6) is 1.16. The molecule has 5 nitrogen and oxygen atoms in total. The fourth-order valence-corrected chi connectivity index (χ4v) is 2.38. The summed E-state index contributed by atoms with van der Waals surface area (Å²) in [6, 6.07) is 7.00. The van der Waals surface area contributed by atoms with Crippen LogP contribution in [-0.2, 0) is 0 Å². The van der Waals surface area contributed by atoms with E-state index < -0.39 is 0 Å². The zero-order valence-electron chi connectivity index (χ0n) is 10.7. The van der Waals surface area contributed by atoms with Crippen molar-refractivity contribution in [1.29, 1.82) is 0 Å². The molecule has 1 N–H and O–H groups in total. The molecule has 0 amide bonds. The van der Waals surface area contributed by atoms with E-state index in [1.54, 1.807) is 18.2 Å². The molecule has 0 spiro atoms. The monoisotopic (exact) mass is 259 g/mol. The van der Waals surface area contributed by atoms with Gasteiger partial charge in [0.25, 0.3) is 11.8 Å². The van der Waals surface area contributed by atoms with Crippen molar-refractivity contribution < 1.29 is 9.63 Å². The van der Waals surface area contributed by atoms with E-state index in [1.165, 1.54) is 25.7 Å². The predicted octanol–water partition coefficient (Wildman–Crippen LogP) is 2.82. The van der Waals surface area contributed by atoms with Gasteiger partial charge in [0.1, 0.15) is 5.75 Å². The Morgan fingerprint density at radius 3 is 2.53 bits per heavy atom. The normalized spacial score (nSPS) is 16.3. The smallest absolute Gasteiger partial charge is 0.266 e. The highest BCUT2D eigenvalue weighted by Gasteiger charge is 2.17. The molecule has 1 aliphatic heterocycles. The molecule has 5 heteroatoms. The molecule has 1 fully saturated rings. The average Bonchev–Trinajstić information content (AvgIpc) is 2.75. The quantitative estimate of drug-likeness (QED) is 0.898. The van der Waals surface area contributed by atoms with Gasteiger partial charge in [-0.05, 0) is 30.1 Å². The lowest BCUT2D eigenvalue weighted by molar-refractivity contribution is 0.423. The molecule has 0 aliphatic carbocycles. The predicted molar refractivity (Wildman–Crippen MR) is 72.1 cm³/mol. The Morgan fingerprint density at radius 2 is 1.79 bits per heavy atom. The van der Waals surface area contributed by atoms with Crippen LogP contribution in [0.4, 0.5) is 5.95 Å². The molecule has 19 heavy (non-hydrogen) atoms. The SMILES string of the molecule is Oc1ccccc1-c1nc(N2CCCCCC2)no1. The largest absolute Gasteiger partial charge is 0.507 e. The van der Waals surface area contributed by atoms with Gasteiger partial charge in [0, 0.05) is 13.1 Å². The van der Waals surface area contributed by atoms with Gasteiger partial charge in [-0.1, -0.05) is 25.0 Å². The maximum atomic E-state index is 9.79. The molecule has 0 unspecified atom stereocenters. The van der Waals surface area contributed by atoms with E-state index in [0.717, 1.165) is 13.1 Å². The standard InChI is InChI=1S/C14H17N3O2/c18-12-8-4-3-7-11(12)13-15-14(16-19-13)17-9-5-1-2-6-10-17/h3-4,7-8,18H,1-2,5-6,9-10H2. The third kappa shape index (κ3) is 2.54. The van der Waals surface area contributed by atoms with Gasteiger partial charge in [0.05, 0.1) is 5.56 Å². The molecule has 0 radical (unpaired) electrons. The van der Waals surface area contributed by atoms with Crippen molar-refractivity contribution in [2.24, 2.45) is 0 Å². The summed E-state index contributed by atoms with van der Waals surface area (Å²) in [6.45, 7) is 1.94. The molecule has 1 aromatic carbocycles. The molecule has 3 rings (SSSR count). The van der Waals surface area contributed by atoms with E-state index in [9.17, 15) is 5.11 Å². The van der Waals surface area contributed by atoms with Gasteiger partial charge in [0.2, 0.25) is 0 Å². The topological polar surface area (TPSA) is 62.4 Å². The minimum absolute atomic E-state index is 0.161. The molecular formula is C14H17N3O2. The van der Waals surface area contributed by atoms with Crippen LogP contribution >= 0.6 is 0 Å². The number of anilines is 1. The van der Waals surface area contributed by atoms with E-state index in [0.29, 0.717) is 17.4 Å². The van der Waals surface area contributed by atoms with Crippen LogP contribution < -0.4 is 4.90 Å². The second-order valence-corrected chi connectivity index (χ2v) is 4.82. The lowest BCUT2D eigenvalue weighted by Gasteiger charge is -2.16. The number of nitrogens with zero attached hydrogens (tertiary/aromatic N) is 3. The van der Waals surface area contributed by atoms with Crippen LogP contribution in [0.1, 0.15) is 25.7 Å². The third-order valence-corrected chi connectivity index (χ3v) is 3.44. The average molecular weight is 259 g/mol. The summed E-state index contributed by atoms with van der Waals surface area (Å²) < 4.78 is 5.26. The number of aromatic nitrogens is 2. The Bertz CT molecular complexity index is 545. The van der Waals surface area contributed by atoms with Gasteiger partial charge < -0.3 is 14.5 Å². The van der Waals surface area contributed by atoms with Crippen LogP contribution in [0.15, 0.2) is 28.8 Å². The maximum absolute atomic E-state index is 9.79. The fourth-order valence-electron chi connectivity index (χ4n) is 2.38. The van der Waals surface area contributed by atoms with Crippen LogP contribution in [0, 0.1) is 0 Å². The van der Waals surface area contributed by atoms with E-state index in [1.807, 2.05) is 6.07 Å². The molecule has 1 saturated heterocycles. The summed E-state index contributed by atoms with van der Waals surface area (Å²) in [4.78, 5) is 6.55. The number of rotatable bonds is 2. The summed E-state index contributed by atoms with van der Waals surface area (Å²) in [5.41, 5.74) is 0.580. The van der Waals surface area contributed by atoms with Crippen molar-refractivity contribution in [2.75, 3.05) is 18.0 Å². The number of phenols is 1. The van der Waals surface area contributed by atoms with E-state index in [2.05, 4.69) is 15.0 Å². The first-order valence-corrected chi connectivity index (χ1v) is 6.71. The number of para-hydroxylation sites is 1. The molecule has 2 aromatic rings. The fraction of sp³-hybridized carbons (Fsp3) is 0.429. The number of aromatic hydroxyl groups is 1. The van der Waals surface area contributed by atoms with Gasteiger partial charge in [-0.3, -0.25) is 0 Å². The van der Waals surface area contributed by atoms with E-state index >= 15 is 0 Å². The first kappa shape index (κ1) is 12.0. The zero-order chi connectivity index (χ0) is 13.1. The van der Waals surface area contributed by atoms with Crippen molar-refractivity contribution in [2.45, 2.75) is 25.7 Å². The molecule has 0 bridgehead atoms. The summed E-state index contributed by atoms with van der Waals surface area (Å²) in [7, 11) is 0. The summed E-state index contributed by atoms with van der Waals surface area (Å²) in [5, 5.41) is 13.8. The molecule has 2 heterocycles. The number of benzene rings is 1. The van der Waals surface area contributed by atoms with Gasteiger partial charge in [-0.25, -0.2) is 0 Å². The number of hydrogen-bond acceptors (Lipinski definition) is 5. The first-order chi connectivity index (χ1) is 9.34. The third-order valence-electron chi connectivity index (χ3n) is 3.44. The van der Waals surface area contributed by atoms with Crippen molar-refractivity contribution >= 4 is 5.95 Å². The minimum atomic E-state index is 0.161. The Labute approximate surface area is 111 Å². The maximum Gasteiger partial charge on any atom is 0.266 e. The molecule has 1 aromatic heterocycles. The lowest BCUT2D eigenvalue weighted by atomic mass is 10.2. The number of phenolic OH excluding ortho intramolecular Hbond substituents is 1. The first-order valence-electron chi connectivity index (χ1n) is 6.71. The highest BCUT2D eigenvalue weighted by atomic mass is 16.5. The Hall–Kier alpha value is -2.04. The Kier molecular flexibility index (Phi) is 3.35. The van der Waals surface area contributed by atoms with E-state index in [4.69, 9.17) is 4.52 Å². The van der Waals surface area contributed by atoms with Crippen molar-refractivity contribution in [1.82, 2.24) is 10.1 Å². The van der Waals surface area contributed by atoms with E-state index in [-0.39, 0.29) is 5.75 Å². The minimum Gasteiger partial charge on any atom is -0.507 e. The van der Waals surface area contributed by atoms with Crippen LogP contribution in [0.3, 0.4) is 0 Å². The van der Waals surface area contributed by atoms with Gasteiger partial charge >= 0.3 is 0 Å². The molecule has 100 valence electrons. The second kappa shape index (κ2) is 5.30. The second-order valence-electron chi connectivity index (χ2n) is 4.82. The van der Waals surface area contributed by atoms with Gasteiger partial charge in [0.15, 0.2) is 0 Å².